The molecule has 148 valence electrons. The summed E-state index contributed by atoms with van der Waals surface area (Å²) < 4.78 is 1.33. The van der Waals surface area contributed by atoms with Gasteiger partial charge in [0.25, 0.3) is 0 Å². The molecule has 1 aromatic heterocycles. The lowest BCUT2D eigenvalue weighted by Gasteiger charge is -2.32. The lowest BCUT2D eigenvalue weighted by Crippen LogP contribution is -2.50. The van der Waals surface area contributed by atoms with Gasteiger partial charge in [0.05, 0.1) is 5.92 Å². The number of rotatable bonds is 5. The molecule has 7 heteroatoms. The van der Waals surface area contributed by atoms with Crippen LogP contribution in [0.4, 0.5) is 5.69 Å². The number of aliphatic carboxylic acids is 1. The van der Waals surface area contributed by atoms with Crippen molar-refractivity contribution in [3.05, 3.63) is 40.5 Å². The Hall–Kier alpha value is -2.70. The van der Waals surface area contributed by atoms with Crippen molar-refractivity contribution < 1.29 is 14.7 Å². The Labute approximate surface area is 164 Å². The monoisotopic (exact) mass is 382 g/mol. The van der Waals surface area contributed by atoms with Crippen molar-refractivity contribution in [2.75, 3.05) is 5.32 Å². The number of carboxylic acids is 1. The summed E-state index contributed by atoms with van der Waals surface area (Å²) in [6.45, 7) is 4.87. The number of benzene rings is 1. The van der Waals surface area contributed by atoms with E-state index in [2.05, 4.69) is 21.5 Å². The van der Waals surface area contributed by atoms with E-state index in [1.807, 2.05) is 0 Å². The Morgan fingerprint density at radius 3 is 2.29 bits per heavy atom. The minimum atomic E-state index is -1.52. The van der Waals surface area contributed by atoms with Gasteiger partial charge >= 0.3 is 5.97 Å². The molecule has 0 radical (unpaired) electrons. The third kappa shape index (κ3) is 2.72. The number of anilines is 1. The summed E-state index contributed by atoms with van der Waals surface area (Å²) in [4.78, 5) is 29.5. The van der Waals surface area contributed by atoms with Crippen LogP contribution in [-0.2, 0) is 40.8 Å². The van der Waals surface area contributed by atoms with Gasteiger partial charge in [0, 0.05) is 5.69 Å². The van der Waals surface area contributed by atoms with Gasteiger partial charge in [0.1, 0.15) is 12.2 Å². The number of fused-ring (bicyclic) bond motifs is 2. The number of nitrogens with zero attached hydrogens (tertiary/aromatic N) is 3. The van der Waals surface area contributed by atoms with Crippen molar-refractivity contribution in [1.82, 2.24) is 14.8 Å². The third-order valence-electron chi connectivity index (χ3n) is 6.55. The molecule has 28 heavy (non-hydrogen) atoms. The number of hydrogen-bond donors (Lipinski definition) is 2. The second-order valence-electron chi connectivity index (χ2n) is 8.12. The summed E-state index contributed by atoms with van der Waals surface area (Å²) in [6, 6.07) is 2.31. The second-order valence-corrected chi connectivity index (χ2v) is 8.12. The Morgan fingerprint density at radius 2 is 1.79 bits per heavy atom. The quantitative estimate of drug-likeness (QED) is 0.829. The fourth-order valence-corrected chi connectivity index (χ4v) is 4.67. The van der Waals surface area contributed by atoms with Crippen molar-refractivity contribution in [3.63, 3.8) is 0 Å². The Bertz CT molecular complexity index is 933. The highest BCUT2D eigenvalue weighted by Gasteiger charge is 2.46. The van der Waals surface area contributed by atoms with Crippen molar-refractivity contribution >= 4 is 17.6 Å². The van der Waals surface area contributed by atoms with Crippen LogP contribution in [0.15, 0.2) is 12.4 Å². The van der Waals surface area contributed by atoms with E-state index >= 15 is 0 Å². The normalized spacial score (nSPS) is 18.2. The fraction of sp³-hybridized carbons (Fsp3) is 0.524. The molecule has 2 N–H and O–H groups in total. The lowest BCUT2D eigenvalue weighted by atomic mass is 9.85. The molecule has 2 aromatic rings. The molecule has 0 bridgehead atoms. The summed E-state index contributed by atoms with van der Waals surface area (Å²) >= 11 is 0. The maximum Gasteiger partial charge on any atom is 0.332 e. The zero-order valence-electron chi connectivity index (χ0n) is 16.6. The molecular formula is C21H26N4O3. The molecule has 0 saturated carbocycles. The maximum absolute atomic E-state index is 13.2. The predicted octanol–water partition coefficient (Wildman–Crippen LogP) is 2.64. The zero-order valence-corrected chi connectivity index (χ0v) is 16.6. The standard InChI is InChI=1S/C21H26N4O3/c1-12(21(3,20(27)28)25-13(2)22-11-23-25)19(26)24-18-16-8-4-6-14(16)10-15-7-5-9-17(15)18/h10-12H,4-9H2,1-3H3,(H,24,26)(H,27,28). The molecule has 0 aliphatic heterocycles. The first-order valence-corrected chi connectivity index (χ1v) is 9.92. The van der Waals surface area contributed by atoms with Crippen molar-refractivity contribution in [2.24, 2.45) is 5.92 Å². The van der Waals surface area contributed by atoms with E-state index in [-0.39, 0.29) is 5.91 Å². The van der Waals surface area contributed by atoms with E-state index in [0.29, 0.717) is 5.82 Å². The van der Waals surface area contributed by atoms with E-state index in [0.717, 1.165) is 44.2 Å². The number of aromatic nitrogens is 3. The van der Waals surface area contributed by atoms with Gasteiger partial charge in [-0.25, -0.2) is 14.5 Å². The van der Waals surface area contributed by atoms with E-state index in [1.165, 1.54) is 40.2 Å². The topological polar surface area (TPSA) is 97.1 Å². The molecule has 2 unspecified atom stereocenters. The van der Waals surface area contributed by atoms with E-state index < -0.39 is 17.4 Å². The van der Waals surface area contributed by atoms with Crippen LogP contribution in [0.5, 0.6) is 0 Å². The highest BCUT2D eigenvalue weighted by molar-refractivity contribution is 5.98. The number of carbonyl (C=O) groups excluding carboxylic acids is 1. The lowest BCUT2D eigenvalue weighted by molar-refractivity contribution is -0.153. The molecule has 7 nitrogen and oxygen atoms in total. The van der Waals surface area contributed by atoms with Crippen LogP contribution < -0.4 is 5.32 Å². The number of carbonyl (C=O) groups is 2. The van der Waals surface area contributed by atoms with Crippen molar-refractivity contribution in [1.29, 1.82) is 0 Å². The van der Waals surface area contributed by atoms with Crippen LogP contribution in [0.1, 0.15) is 54.8 Å². The number of aryl methyl sites for hydroxylation is 3. The summed E-state index contributed by atoms with van der Waals surface area (Å²) in [6.07, 6.45) is 7.54. The third-order valence-corrected chi connectivity index (χ3v) is 6.55. The number of amides is 1. The minimum absolute atomic E-state index is 0.297. The predicted molar refractivity (Wildman–Crippen MR) is 104 cm³/mol. The Morgan fingerprint density at radius 1 is 1.18 bits per heavy atom. The molecule has 1 amide bonds. The fourth-order valence-electron chi connectivity index (χ4n) is 4.67. The first-order valence-electron chi connectivity index (χ1n) is 9.92. The summed E-state index contributed by atoms with van der Waals surface area (Å²) in [5.41, 5.74) is 4.53. The molecule has 0 fully saturated rings. The highest BCUT2D eigenvalue weighted by Crippen LogP contribution is 2.39. The average Bonchev–Trinajstić information content (AvgIpc) is 3.40. The SMILES string of the molecule is Cc1ncnn1C(C)(C(=O)O)C(C)C(=O)Nc1c2c(cc3c1CCC3)CCC2. The largest absolute Gasteiger partial charge is 0.479 e. The van der Waals surface area contributed by atoms with Crippen LogP contribution in [0, 0.1) is 12.8 Å². The molecule has 1 heterocycles. The molecule has 2 aliphatic carbocycles. The van der Waals surface area contributed by atoms with Crippen molar-refractivity contribution in [3.8, 4) is 0 Å². The van der Waals surface area contributed by atoms with Gasteiger partial charge in [0.2, 0.25) is 5.91 Å². The molecular weight excluding hydrogens is 356 g/mol. The van der Waals surface area contributed by atoms with Crippen LogP contribution in [0.2, 0.25) is 0 Å². The zero-order chi connectivity index (χ0) is 20.1. The Balaban J connectivity index is 1.69. The van der Waals surface area contributed by atoms with Gasteiger partial charge in [0.15, 0.2) is 5.54 Å². The van der Waals surface area contributed by atoms with Crippen LogP contribution in [-0.4, -0.2) is 31.7 Å². The smallest absolute Gasteiger partial charge is 0.332 e. The molecule has 0 spiro atoms. The molecule has 2 aliphatic rings. The van der Waals surface area contributed by atoms with E-state index in [4.69, 9.17) is 0 Å². The summed E-state index contributed by atoms with van der Waals surface area (Å²) in [5, 5.41) is 17.2. The first kappa shape index (κ1) is 18.7. The first-order chi connectivity index (χ1) is 13.3. The van der Waals surface area contributed by atoms with Crippen LogP contribution >= 0.6 is 0 Å². The molecule has 1 aromatic carbocycles. The molecule has 4 rings (SSSR count). The maximum atomic E-state index is 13.2. The van der Waals surface area contributed by atoms with Gasteiger partial charge < -0.3 is 10.4 Å². The van der Waals surface area contributed by atoms with Gasteiger partial charge in [-0.15, -0.1) is 0 Å². The summed E-state index contributed by atoms with van der Waals surface area (Å²) in [5.74, 6) is -1.77. The number of carboxylic acid groups (broad SMARTS) is 1. The van der Waals surface area contributed by atoms with Crippen LogP contribution in [0.25, 0.3) is 0 Å². The van der Waals surface area contributed by atoms with Gasteiger partial charge in [-0.3, -0.25) is 4.79 Å². The number of nitrogens with one attached hydrogen (secondary N) is 1. The second kappa shape index (κ2) is 6.72. The van der Waals surface area contributed by atoms with Gasteiger partial charge in [-0.05, 0) is 74.6 Å². The molecule has 0 saturated heterocycles. The molecule has 2 atom stereocenters. The van der Waals surface area contributed by atoms with Gasteiger partial charge in [-0.2, -0.15) is 5.10 Å². The number of hydrogen-bond acceptors (Lipinski definition) is 4. The highest BCUT2D eigenvalue weighted by atomic mass is 16.4. The van der Waals surface area contributed by atoms with E-state index in [1.54, 1.807) is 13.8 Å². The minimum Gasteiger partial charge on any atom is -0.479 e. The van der Waals surface area contributed by atoms with Crippen molar-refractivity contribution in [2.45, 2.75) is 64.8 Å². The summed E-state index contributed by atoms with van der Waals surface area (Å²) in [7, 11) is 0. The van der Waals surface area contributed by atoms with E-state index in [9.17, 15) is 14.7 Å². The van der Waals surface area contributed by atoms with Gasteiger partial charge in [-0.1, -0.05) is 13.0 Å². The van der Waals surface area contributed by atoms with Crippen LogP contribution in [0.3, 0.4) is 0 Å². The average molecular weight is 382 g/mol. The Kier molecular flexibility index (Phi) is 4.48.